The van der Waals surface area contributed by atoms with E-state index in [4.69, 9.17) is 0 Å². The molecule has 26 nitrogen and oxygen atoms in total. The fourth-order valence-corrected chi connectivity index (χ4v) is 3.40. The lowest BCUT2D eigenvalue weighted by Crippen LogP contribution is -2.37. The van der Waals surface area contributed by atoms with Gasteiger partial charge in [-0.05, 0) is 6.42 Å². The fraction of sp³-hybridized carbons (Fsp3) is 0.200. The van der Waals surface area contributed by atoms with Crippen LogP contribution < -0.4 is 10.0 Å². The summed E-state index contributed by atoms with van der Waals surface area (Å²) in [6, 6.07) is 0.745. The van der Waals surface area contributed by atoms with E-state index in [1.54, 1.807) is 0 Å². The van der Waals surface area contributed by atoms with Gasteiger partial charge in [0.2, 0.25) is 0 Å². The summed E-state index contributed by atoms with van der Waals surface area (Å²) in [7, 11) is 0. The van der Waals surface area contributed by atoms with E-state index in [0.717, 1.165) is 0 Å². The molecule has 0 fully saturated rings. The highest BCUT2D eigenvalue weighted by Gasteiger charge is 2.41. The van der Waals surface area contributed by atoms with Gasteiger partial charge in [-0.3, -0.25) is 60.7 Å². The van der Waals surface area contributed by atoms with Crippen LogP contribution in [0.25, 0.3) is 0 Å². The average molecular weight is 586 g/mol. The molecule has 0 heterocycles. The second-order valence-electron chi connectivity index (χ2n) is 7.28. The number of hydrogen-bond donors (Lipinski definition) is 0. The molecule has 41 heavy (non-hydrogen) atoms. The number of nitro benzene ring substituents is 6. The van der Waals surface area contributed by atoms with Crippen LogP contribution >= 0.6 is 0 Å². The number of nitro groups is 8. The summed E-state index contributed by atoms with van der Waals surface area (Å²) in [4.78, 5) is 83.2. The van der Waals surface area contributed by atoms with Gasteiger partial charge in [-0.25, -0.2) is 20.2 Å². The van der Waals surface area contributed by atoms with Crippen molar-refractivity contribution in [1.29, 1.82) is 0 Å². The third-order valence-electron chi connectivity index (χ3n) is 4.97. The normalized spacial score (nSPS) is 10.3. The summed E-state index contributed by atoms with van der Waals surface area (Å²) in [6.07, 6.45) is -0.904. The smallest absolute Gasteiger partial charge is 0.258 e. The molecule has 0 saturated carbocycles. The quantitative estimate of drug-likeness (QED) is 0.226. The highest BCUT2D eigenvalue weighted by atomic mass is 16.7. The fourth-order valence-electron chi connectivity index (χ4n) is 3.40. The van der Waals surface area contributed by atoms with Crippen LogP contribution in [0.15, 0.2) is 24.3 Å². The van der Waals surface area contributed by atoms with Gasteiger partial charge in [0.25, 0.3) is 22.7 Å². The van der Waals surface area contributed by atoms with Gasteiger partial charge in [-0.2, -0.15) is 0 Å². The Hall–Kier alpha value is -6.76. The first kappa shape index (κ1) is 30.5. The molecule has 0 spiro atoms. The Morgan fingerprint density at radius 3 is 0.854 bits per heavy atom. The largest absolute Gasteiger partial charge is 0.312 e. The van der Waals surface area contributed by atoms with Crippen LogP contribution in [-0.4, -0.2) is 52.7 Å². The first-order valence-electron chi connectivity index (χ1n) is 10.1. The highest BCUT2D eigenvalue weighted by molar-refractivity contribution is 5.78. The van der Waals surface area contributed by atoms with E-state index < -0.39 is 105 Å². The Kier molecular flexibility index (Phi) is 8.73. The highest BCUT2D eigenvalue weighted by Crippen LogP contribution is 2.43. The Bertz CT molecular complexity index is 1340. The van der Waals surface area contributed by atoms with Gasteiger partial charge in [-0.15, -0.1) is 0 Å². The maximum absolute atomic E-state index is 11.7. The predicted octanol–water partition coefficient (Wildman–Crippen LogP) is 2.22. The molecule has 0 bridgehead atoms. The molecular formula is C15H10N10O16. The van der Waals surface area contributed by atoms with Crippen molar-refractivity contribution in [1.82, 2.24) is 0 Å². The van der Waals surface area contributed by atoms with Gasteiger partial charge in [0.1, 0.15) is 0 Å². The van der Waals surface area contributed by atoms with E-state index in [2.05, 4.69) is 0 Å². The van der Waals surface area contributed by atoms with Crippen molar-refractivity contribution in [3.63, 3.8) is 0 Å². The number of nitrogens with zero attached hydrogens (tertiary/aromatic N) is 10. The molecule has 0 radical (unpaired) electrons. The number of benzene rings is 2. The molecule has 0 aliphatic heterocycles. The molecule has 26 heteroatoms. The van der Waals surface area contributed by atoms with E-state index in [9.17, 15) is 80.9 Å². The standard InChI is InChI=1S/C15H10N10O16/c26-18(27)8-4-10(20(30)31)14(11(5-8)21(32)33)16(24(38)39)2-1-3-17(25(40)41)15-12(22(34)35)6-9(19(28)29)7-13(15)23(36)37/h4-7H,1-3H2. The summed E-state index contributed by atoms with van der Waals surface area (Å²) in [5.74, 6) is 0. The van der Waals surface area contributed by atoms with E-state index in [1.165, 1.54) is 0 Å². The third-order valence-corrected chi connectivity index (χ3v) is 4.97. The van der Waals surface area contributed by atoms with Gasteiger partial charge >= 0.3 is 22.7 Å². The van der Waals surface area contributed by atoms with Crippen LogP contribution in [-0.2, 0) is 0 Å². The van der Waals surface area contributed by atoms with Crippen molar-refractivity contribution < 1.29 is 39.6 Å². The number of anilines is 2. The monoisotopic (exact) mass is 586 g/mol. The molecule has 0 N–H and O–H groups in total. The first-order chi connectivity index (χ1) is 19.0. The van der Waals surface area contributed by atoms with Crippen LogP contribution in [0.2, 0.25) is 0 Å². The topological polar surface area (TPSA) is 352 Å². The number of hydrogen-bond acceptors (Lipinski definition) is 16. The van der Waals surface area contributed by atoms with Crippen LogP contribution in [0.1, 0.15) is 6.42 Å². The van der Waals surface area contributed by atoms with Crippen LogP contribution in [0.3, 0.4) is 0 Å². The summed E-state index contributed by atoms with van der Waals surface area (Å²) in [5, 5.41) is 88.0. The zero-order valence-electron chi connectivity index (χ0n) is 19.4. The van der Waals surface area contributed by atoms with Gasteiger partial charge in [-0.1, -0.05) is 10.0 Å². The van der Waals surface area contributed by atoms with Crippen LogP contribution in [0.5, 0.6) is 0 Å². The van der Waals surface area contributed by atoms with E-state index in [1.807, 2.05) is 0 Å². The minimum Gasteiger partial charge on any atom is -0.258 e. The maximum Gasteiger partial charge on any atom is 0.312 e. The SMILES string of the molecule is O=[N+]([O-])c1cc([N+](=O)[O-])c(N(CCCN(c2c([N+](=O)[O-])cc([N+](=O)[O-])cc2[N+](=O)[O-])[N+](=O)[O-])[N+](=O)[O-])c([N+](=O)[O-])c1. The Balaban J connectivity index is 2.63. The molecular weight excluding hydrogens is 576 g/mol. The first-order valence-corrected chi connectivity index (χ1v) is 10.1. The van der Waals surface area contributed by atoms with Gasteiger partial charge in [0.15, 0.2) is 10.1 Å². The molecule has 0 aliphatic carbocycles. The van der Waals surface area contributed by atoms with Gasteiger partial charge in [0.05, 0.1) is 66.9 Å². The van der Waals surface area contributed by atoms with Crippen molar-refractivity contribution in [2.45, 2.75) is 6.42 Å². The lowest BCUT2D eigenvalue weighted by Gasteiger charge is -2.17. The Labute approximate surface area is 220 Å². The van der Waals surface area contributed by atoms with E-state index in [-0.39, 0.29) is 34.3 Å². The van der Waals surface area contributed by atoms with Crippen molar-refractivity contribution in [2.75, 3.05) is 23.1 Å². The van der Waals surface area contributed by atoms with Gasteiger partial charge in [0, 0.05) is 0 Å². The van der Waals surface area contributed by atoms with Crippen LogP contribution in [0.4, 0.5) is 45.5 Å². The van der Waals surface area contributed by atoms with Crippen molar-refractivity contribution >= 4 is 45.5 Å². The summed E-state index contributed by atoms with van der Waals surface area (Å²) < 4.78 is 0. The van der Waals surface area contributed by atoms with E-state index >= 15 is 0 Å². The van der Waals surface area contributed by atoms with Crippen LogP contribution in [0, 0.1) is 80.9 Å². The lowest BCUT2D eigenvalue weighted by molar-refractivity contribution is -0.501. The molecule has 2 aromatic carbocycles. The Morgan fingerprint density at radius 2 is 0.683 bits per heavy atom. The number of hydrazine groups is 2. The van der Waals surface area contributed by atoms with Crippen molar-refractivity contribution in [3.8, 4) is 0 Å². The number of rotatable bonds is 14. The molecule has 0 aromatic heterocycles. The molecule has 0 amide bonds. The zero-order valence-corrected chi connectivity index (χ0v) is 19.4. The summed E-state index contributed by atoms with van der Waals surface area (Å²) in [5.41, 5.74) is -10.9. The zero-order chi connectivity index (χ0) is 31.3. The molecule has 216 valence electrons. The average Bonchev–Trinajstić information content (AvgIpc) is 2.86. The summed E-state index contributed by atoms with van der Waals surface area (Å²) >= 11 is 0. The predicted molar refractivity (Wildman–Crippen MR) is 126 cm³/mol. The molecule has 0 aliphatic rings. The minimum atomic E-state index is -1.46. The lowest BCUT2D eigenvalue weighted by atomic mass is 10.1. The van der Waals surface area contributed by atoms with Crippen molar-refractivity contribution in [2.24, 2.45) is 0 Å². The minimum absolute atomic E-state index is 0.186. The van der Waals surface area contributed by atoms with Crippen molar-refractivity contribution in [3.05, 3.63) is 105 Å². The molecule has 0 atom stereocenters. The molecule has 2 rings (SSSR count). The second kappa shape index (κ2) is 11.7. The third kappa shape index (κ3) is 6.39. The second-order valence-corrected chi connectivity index (χ2v) is 7.28. The summed E-state index contributed by atoms with van der Waals surface area (Å²) in [6.45, 7) is -2.32. The van der Waals surface area contributed by atoms with E-state index in [0.29, 0.717) is 0 Å². The van der Waals surface area contributed by atoms with Gasteiger partial charge < -0.3 is 0 Å². The molecule has 0 saturated heterocycles. The Morgan fingerprint density at radius 1 is 0.439 bits per heavy atom. The molecule has 0 unspecified atom stereocenters. The molecule has 2 aromatic rings. The maximum atomic E-state index is 11.7. The number of non-ortho nitro benzene ring substituents is 2.